The van der Waals surface area contributed by atoms with Crippen LogP contribution < -0.4 is 0 Å². The molecule has 1 atom stereocenters. The van der Waals surface area contributed by atoms with E-state index in [1.54, 1.807) is 0 Å². The summed E-state index contributed by atoms with van der Waals surface area (Å²) in [4.78, 5) is 2.34. The molecule has 0 fully saturated rings. The molecule has 0 bridgehead atoms. The molecule has 3 heteroatoms. The summed E-state index contributed by atoms with van der Waals surface area (Å²) in [6, 6.07) is 19.0. The van der Waals surface area contributed by atoms with Crippen molar-refractivity contribution in [1.82, 2.24) is 4.90 Å². The summed E-state index contributed by atoms with van der Waals surface area (Å²) in [6.07, 6.45) is 0. The van der Waals surface area contributed by atoms with E-state index in [-0.39, 0.29) is 25.0 Å². The van der Waals surface area contributed by atoms with Gasteiger partial charge < -0.3 is 35.2 Å². The second-order valence-electron chi connectivity index (χ2n) is 8.67. The first-order valence-electron chi connectivity index (χ1n) is 8.86. The van der Waals surface area contributed by atoms with Crippen LogP contribution in [0.5, 0.6) is 0 Å². The Bertz CT molecular complexity index is 498. The van der Waals surface area contributed by atoms with Crippen molar-refractivity contribution in [2.45, 2.75) is 57.5 Å². The Morgan fingerprint density at radius 3 is 1.48 bits per heavy atom. The summed E-state index contributed by atoms with van der Waals surface area (Å²) in [7, 11) is 4.25. The summed E-state index contributed by atoms with van der Waals surface area (Å²) in [5.74, 6) is 0. The molecule has 0 aliphatic heterocycles. The zero-order valence-corrected chi connectivity index (χ0v) is 19.2. The van der Waals surface area contributed by atoms with Gasteiger partial charge in [-0.1, -0.05) is 49.5 Å². The Hall–Kier alpha value is -0.391. The number of nitrogens with zero attached hydrogens (tertiary/aromatic N) is 1. The van der Waals surface area contributed by atoms with E-state index in [1.807, 2.05) is 30.3 Å². The summed E-state index contributed by atoms with van der Waals surface area (Å²) in [6.45, 7) is 15.6. The van der Waals surface area contributed by atoms with E-state index in [0.29, 0.717) is 16.0 Å². The van der Waals surface area contributed by atoms with Gasteiger partial charge in [0.25, 0.3) is 0 Å². The Morgan fingerprint density at radius 1 is 0.840 bits per heavy atom. The van der Waals surface area contributed by atoms with Crippen LogP contribution in [0.1, 0.15) is 52.8 Å². The fourth-order valence-corrected chi connectivity index (χ4v) is 8.40. The Morgan fingerprint density at radius 2 is 1.20 bits per heavy atom. The van der Waals surface area contributed by atoms with Gasteiger partial charge in [0.1, 0.15) is 0 Å². The first kappa shape index (κ1) is 24.6. The maximum Gasteiger partial charge on any atom is 0 e. The fraction of sp³-hybridized carbons (Fsp3) is 0.545. The number of hydrogen-bond donors (Lipinski definition) is 0. The van der Waals surface area contributed by atoms with Crippen LogP contribution in [0.15, 0.2) is 54.6 Å². The molecular weight excluding hydrogens is 365 g/mol. The van der Waals surface area contributed by atoms with E-state index in [1.165, 1.54) is 5.56 Å². The van der Waals surface area contributed by atoms with Crippen molar-refractivity contribution >= 4 is 7.92 Å². The van der Waals surface area contributed by atoms with Crippen molar-refractivity contribution in [3.05, 3.63) is 60.2 Å². The van der Waals surface area contributed by atoms with Crippen LogP contribution in [0.4, 0.5) is 0 Å². The Balaban J connectivity index is 0.000000820. The van der Waals surface area contributed by atoms with Crippen LogP contribution >= 0.6 is 7.92 Å². The van der Waals surface area contributed by atoms with Crippen LogP contribution in [0.25, 0.3) is 0 Å². The van der Waals surface area contributed by atoms with E-state index >= 15 is 0 Å². The summed E-state index contributed by atoms with van der Waals surface area (Å²) in [5, 5.41) is 0.733. The number of hydrogen-bond acceptors (Lipinski definition) is 1. The van der Waals surface area contributed by atoms with Gasteiger partial charge in [-0.3, -0.25) is 0 Å². The van der Waals surface area contributed by atoms with E-state index in [2.05, 4.69) is 84.8 Å². The zero-order chi connectivity index (χ0) is 18.4. The van der Waals surface area contributed by atoms with Crippen LogP contribution in [0.2, 0.25) is 0 Å². The molecule has 0 amide bonds. The predicted molar refractivity (Wildman–Crippen MR) is 112 cm³/mol. The van der Waals surface area contributed by atoms with Gasteiger partial charge in [-0.05, 0) is 36.6 Å². The van der Waals surface area contributed by atoms with Crippen molar-refractivity contribution in [3.63, 3.8) is 0 Å². The molecule has 148 valence electrons. The van der Waals surface area contributed by atoms with Gasteiger partial charge in [-0.25, -0.2) is 12.1 Å². The molecule has 0 aliphatic carbocycles. The molecule has 0 N–H and O–H groups in total. The van der Waals surface area contributed by atoms with Crippen molar-refractivity contribution in [3.8, 4) is 0 Å². The van der Waals surface area contributed by atoms with Crippen LogP contribution in [-0.4, -0.2) is 35.9 Å². The van der Waals surface area contributed by atoms with E-state index in [0.717, 1.165) is 6.54 Å². The molecular formula is C22H36FeNP-6. The minimum Gasteiger partial charge on any atom is -0.748 e. The first-order valence-corrected chi connectivity index (χ1v) is 10.3. The molecule has 2 rings (SSSR count). The number of likely N-dealkylation sites (N-methyl/N-ethyl adjacent to an activating group) is 1. The van der Waals surface area contributed by atoms with Gasteiger partial charge in [0.15, 0.2) is 0 Å². The molecule has 0 saturated heterocycles. The average Bonchev–Trinajstić information content (AvgIpc) is 3.11. The topological polar surface area (TPSA) is 3.24 Å². The normalized spacial score (nSPS) is 13.2. The van der Waals surface area contributed by atoms with Gasteiger partial charge in [0.05, 0.1) is 0 Å². The van der Waals surface area contributed by atoms with Gasteiger partial charge in [0.2, 0.25) is 0 Å². The van der Waals surface area contributed by atoms with E-state index < -0.39 is 0 Å². The van der Waals surface area contributed by atoms with E-state index in [9.17, 15) is 0 Å². The first-order chi connectivity index (χ1) is 11.0. The standard InChI is InChI=1S/C17H31NP.C5H5.Fe/c1-16(2,3)19(17(4,5)6)15(13-18(7)8)14-11-9-10-12-14;1-2-4-5-3-1;/h9-12,15H,13H2,1-8H3;1-5H;/q-1;-5;. The quantitative estimate of drug-likeness (QED) is 0.322. The Kier molecular flexibility index (Phi) is 10.5. The maximum absolute atomic E-state index is 2.41. The third-order valence-corrected chi connectivity index (χ3v) is 7.90. The van der Waals surface area contributed by atoms with Gasteiger partial charge in [-0.15, -0.1) is 5.56 Å². The van der Waals surface area contributed by atoms with Gasteiger partial charge in [-0.2, -0.15) is 12.1 Å². The SMILES string of the molecule is CN(C)CC([c-]1cccc1)P(C(C)(C)C)C(C)(C)C.[Fe].[cH-]1[cH-][cH-][cH-][cH-]1. The van der Waals surface area contributed by atoms with Gasteiger partial charge >= 0.3 is 0 Å². The molecule has 25 heavy (non-hydrogen) atoms. The fourth-order valence-electron chi connectivity index (χ4n) is 3.56. The zero-order valence-electron chi connectivity index (χ0n) is 17.2. The van der Waals surface area contributed by atoms with E-state index in [4.69, 9.17) is 0 Å². The minimum atomic E-state index is -0.131. The summed E-state index contributed by atoms with van der Waals surface area (Å²) >= 11 is 0. The second kappa shape index (κ2) is 10.7. The molecule has 0 spiro atoms. The van der Waals surface area contributed by atoms with Crippen LogP contribution in [-0.2, 0) is 17.1 Å². The second-order valence-corrected chi connectivity index (χ2v) is 12.7. The summed E-state index contributed by atoms with van der Waals surface area (Å²) < 4.78 is 0. The van der Waals surface area contributed by atoms with Crippen LogP contribution in [0, 0.1) is 0 Å². The van der Waals surface area contributed by atoms with Crippen molar-refractivity contribution < 1.29 is 17.1 Å². The minimum absolute atomic E-state index is 0. The third-order valence-electron chi connectivity index (χ3n) is 3.92. The van der Waals surface area contributed by atoms with Crippen LogP contribution in [0.3, 0.4) is 0 Å². The maximum atomic E-state index is 2.41. The average molecular weight is 401 g/mol. The summed E-state index contributed by atoms with van der Waals surface area (Å²) in [5.41, 5.74) is 2.17. The van der Waals surface area contributed by atoms with Crippen molar-refractivity contribution in [1.29, 1.82) is 0 Å². The molecule has 0 aromatic heterocycles. The smallest absolute Gasteiger partial charge is 0 e. The van der Waals surface area contributed by atoms with Gasteiger partial charge in [0, 0.05) is 17.1 Å². The number of rotatable bonds is 4. The molecule has 0 radical (unpaired) electrons. The Labute approximate surface area is 168 Å². The van der Waals surface area contributed by atoms with Crippen molar-refractivity contribution in [2.24, 2.45) is 0 Å². The molecule has 2 aromatic carbocycles. The molecule has 1 nitrogen and oxygen atoms in total. The molecule has 0 saturated carbocycles. The molecule has 1 unspecified atom stereocenters. The molecule has 0 heterocycles. The molecule has 0 aliphatic rings. The predicted octanol–water partition coefficient (Wildman–Crippen LogP) is 6.49. The van der Waals surface area contributed by atoms with Crippen molar-refractivity contribution in [2.75, 3.05) is 20.6 Å². The monoisotopic (exact) mass is 401 g/mol. The third kappa shape index (κ3) is 8.69. The molecule has 2 aromatic rings. The largest absolute Gasteiger partial charge is 0.748 e.